The fourth-order valence-electron chi connectivity index (χ4n) is 2.51. The van der Waals surface area contributed by atoms with Crippen molar-refractivity contribution >= 4 is 11.9 Å². The Kier molecular flexibility index (Phi) is 3.87. The number of carboxylic acid groups (broad SMARTS) is 1. The van der Waals surface area contributed by atoms with Crippen LogP contribution in [0.1, 0.15) is 42.4 Å². The quantitative estimate of drug-likeness (QED) is 0.849. The summed E-state index contributed by atoms with van der Waals surface area (Å²) in [7, 11) is 1.74. The standard InChI is InChI=1S/C13H19N3O3/c1-3-9-7-11(16(2)15-9)12(17)14-10-5-4-8(6-10)13(18)19/h7-8,10H,3-6H2,1-2H3,(H,14,17)(H,18,19)/t8-,10+/m1/s1. The van der Waals surface area contributed by atoms with Crippen molar-refractivity contribution in [1.29, 1.82) is 0 Å². The van der Waals surface area contributed by atoms with E-state index in [1.165, 1.54) is 0 Å². The van der Waals surface area contributed by atoms with Crippen molar-refractivity contribution < 1.29 is 14.7 Å². The second-order valence-electron chi connectivity index (χ2n) is 5.02. The SMILES string of the molecule is CCc1cc(C(=O)N[C@H]2CC[C@@H](C(=O)O)C2)n(C)n1. The molecule has 1 aromatic rings. The van der Waals surface area contributed by atoms with Gasteiger partial charge in [0, 0.05) is 13.1 Å². The van der Waals surface area contributed by atoms with Crippen molar-refractivity contribution in [3.63, 3.8) is 0 Å². The molecule has 6 heteroatoms. The molecule has 1 saturated carbocycles. The summed E-state index contributed by atoms with van der Waals surface area (Å²) in [6, 6.07) is 1.73. The Bertz CT molecular complexity index is 495. The number of rotatable bonds is 4. The van der Waals surface area contributed by atoms with Gasteiger partial charge in [0.2, 0.25) is 0 Å². The molecular formula is C13H19N3O3. The second-order valence-corrected chi connectivity index (χ2v) is 5.02. The van der Waals surface area contributed by atoms with Gasteiger partial charge in [0.1, 0.15) is 5.69 Å². The largest absolute Gasteiger partial charge is 0.481 e. The molecule has 0 saturated heterocycles. The van der Waals surface area contributed by atoms with E-state index in [0.717, 1.165) is 18.5 Å². The predicted octanol–water partition coefficient (Wildman–Crippen LogP) is 0.966. The number of aryl methyl sites for hydroxylation is 2. The third-order valence-corrected chi connectivity index (χ3v) is 3.64. The van der Waals surface area contributed by atoms with E-state index >= 15 is 0 Å². The average Bonchev–Trinajstić information content (AvgIpc) is 2.95. The lowest BCUT2D eigenvalue weighted by Crippen LogP contribution is -2.34. The first-order valence-electron chi connectivity index (χ1n) is 6.57. The fourth-order valence-corrected chi connectivity index (χ4v) is 2.51. The summed E-state index contributed by atoms with van der Waals surface area (Å²) in [4.78, 5) is 23.0. The van der Waals surface area contributed by atoms with Gasteiger partial charge in [-0.1, -0.05) is 6.92 Å². The Labute approximate surface area is 111 Å². The number of aliphatic carboxylic acids is 1. The highest BCUT2D eigenvalue weighted by atomic mass is 16.4. The highest BCUT2D eigenvalue weighted by Crippen LogP contribution is 2.25. The van der Waals surface area contributed by atoms with Crippen LogP contribution in [0.4, 0.5) is 0 Å². The maximum absolute atomic E-state index is 12.1. The molecule has 19 heavy (non-hydrogen) atoms. The zero-order valence-electron chi connectivity index (χ0n) is 11.2. The number of aromatic nitrogens is 2. The van der Waals surface area contributed by atoms with Gasteiger partial charge in [0.15, 0.2) is 0 Å². The van der Waals surface area contributed by atoms with E-state index in [1.54, 1.807) is 17.8 Å². The third-order valence-electron chi connectivity index (χ3n) is 3.64. The Morgan fingerprint density at radius 3 is 2.79 bits per heavy atom. The number of carboxylic acids is 1. The maximum atomic E-state index is 12.1. The van der Waals surface area contributed by atoms with Crippen molar-refractivity contribution in [2.24, 2.45) is 13.0 Å². The van der Waals surface area contributed by atoms with Gasteiger partial charge in [-0.15, -0.1) is 0 Å². The van der Waals surface area contributed by atoms with E-state index in [4.69, 9.17) is 5.11 Å². The summed E-state index contributed by atoms with van der Waals surface area (Å²) in [6.45, 7) is 1.98. The summed E-state index contributed by atoms with van der Waals surface area (Å²) < 4.78 is 1.57. The van der Waals surface area contributed by atoms with Crippen LogP contribution in [0.25, 0.3) is 0 Å². The van der Waals surface area contributed by atoms with E-state index in [2.05, 4.69) is 10.4 Å². The van der Waals surface area contributed by atoms with Crippen LogP contribution in [0.15, 0.2) is 6.07 Å². The van der Waals surface area contributed by atoms with E-state index in [-0.39, 0.29) is 17.9 Å². The minimum Gasteiger partial charge on any atom is -0.481 e. The molecule has 6 nitrogen and oxygen atoms in total. The van der Waals surface area contributed by atoms with Gasteiger partial charge >= 0.3 is 5.97 Å². The van der Waals surface area contributed by atoms with Crippen LogP contribution in [-0.2, 0) is 18.3 Å². The van der Waals surface area contributed by atoms with Crippen molar-refractivity contribution in [3.8, 4) is 0 Å². The molecule has 0 spiro atoms. The van der Waals surface area contributed by atoms with Gasteiger partial charge < -0.3 is 10.4 Å². The summed E-state index contributed by atoms with van der Waals surface area (Å²) in [5.74, 6) is -1.28. The van der Waals surface area contributed by atoms with E-state index in [1.807, 2.05) is 6.92 Å². The van der Waals surface area contributed by atoms with Crippen molar-refractivity contribution in [1.82, 2.24) is 15.1 Å². The first-order valence-corrected chi connectivity index (χ1v) is 6.57. The highest BCUT2D eigenvalue weighted by Gasteiger charge is 2.31. The van der Waals surface area contributed by atoms with Crippen LogP contribution < -0.4 is 5.32 Å². The number of hydrogen-bond acceptors (Lipinski definition) is 3. The Hall–Kier alpha value is -1.85. The van der Waals surface area contributed by atoms with Gasteiger partial charge in [-0.3, -0.25) is 14.3 Å². The molecule has 104 valence electrons. The van der Waals surface area contributed by atoms with Gasteiger partial charge in [-0.25, -0.2) is 0 Å². The van der Waals surface area contributed by atoms with Crippen LogP contribution in [0.3, 0.4) is 0 Å². The Morgan fingerprint density at radius 1 is 1.53 bits per heavy atom. The summed E-state index contributed by atoms with van der Waals surface area (Å²) in [5, 5.41) is 16.1. The van der Waals surface area contributed by atoms with E-state index in [0.29, 0.717) is 18.5 Å². The Balaban J connectivity index is 1.98. The number of carbonyl (C=O) groups is 2. The lowest BCUT2D eigenvalue weighted by molar-refractivity contribution is -0.141. The number of hydrogen-bond donors (Lipinski definition) is 2. The van der Waals surface area contributed by atoms with E-state index < -0.39 is 5.97 Å². The van der Waals surface area contributed by atoms with Crippen LogP contribution in [0, 0.1) is 5.92 Å². The van der Waals surface area contributed by atoms with Crippen LogP contribution in [-0.4, -0.2) is 32.8 Å². The fraction of sp³-hybridized carbons (Fsp3) is 0.615. The summed E-state index contributed by atoms with van der Waals surface area (Å²) in [5.41, 5.74) is 1.40. The van der Waals surface area contributed by atoms with Crippen molar-refractivity contribution in [3.05, 3.63) is 17.5 Å². The first-order chi connectivity index (χ1) is 9.01. The molecular weight excluding hydrogens is 246 g/mol. The molecule has 0 aliphatic heterocycles. The number of nitrogens with one attached hydrogen (secondary N) is 1. The molecule has 0 aromatic carbocycles. The molecule has 2 atom stereocenters. The summed E-state index contributed by atoms with van der Waals surface area (Å²) >= 11 is 0. The molecule has 1 aliphatic rings. The molecule has 1 fully saturated rings. The highest BCUT2D eigenvalue weighted by molar-refractivity contribution is 5.93. The maximum Gasteiger partial charge on any atom is 0.306 e. The van der Waals surface area contributed by atoms with E-state index in [9.17, 15) is 9.59 Å². The van der Waals surface area contributed by atoms with Gasteiger partial charge in [0.25, 0.3) is 5.91 Å². The minimum atomic E-state index is -0.773. The lowest BCUT2D eigenvalue weighted by Gasteiger charge is -2.12. The van der Waals surface area contributed by atoms with Crippen molar-refractivity contribution in [2.45, 2.75) is 38.6 Å². The number of amides is 1. The molecule has 2 rings (SSSR count). The predicted molar refractivity (Wildman–Crippen MR) is 68.8 cm³/mol. The normalized spacial score (nSPS) is 22.4. The molecule has 0 radical (unpaired) electrons. The monoisotopic (exact) mass is 265 g/mol. The second kappa shape index (κ2) is 5.42. The lowest BCUT2D eigenvalue weighted by atomic mass is 10.1. The zero-order valence-corrected chi connectivity index (χ0v) is 11.2. The van der Waals surface area contributed by atoms with Crippen molar-refractivity contribution in [2.75, 3.05) is 0 Å². The molecule has 0 bridgehead atoms. The van der Waals surface area contributed by atoms with Crippen LogP contribution in [0.2, 0.25) is 0 Å². The smallest absolute Gasteiger partial charge is 0.306 e. The third kappa shape index (κ3) is 2.94. The first kappa shape index (κ1) is 13.6. The number of carbonyl (C=O) groups excluding carboxylic acids is 1. The Morgan fingerprint density at radius 2 is 2.26 bits per heavy atom. The molecule has 1 aromatic heterocycles. The minimum absolute atomic E-state index is 0.0476. The summed E-state index contributed by atoms with van der Waals surface area (Å²) in [6.07, 6.45) is 2.65. The van der Waals surface area contributed by atoms with Crippen LogP contribution >= 0.6 is 0 Å². The topological polar surface area (TPSA) is 84.2 Å². The molecule has 1 amide bonds. The van der Waals surface area contributed by atoms with Gasteiger partial charge in [-0.05, 0) is 31.7 Å². The van der Waals surface area contributed by atoms with Gasteiger partial charge in [0.05, 0.1) is 11.6 Å². The molecule has 0 unspecified atom stereocenters. The van der Waals surface area contributed by atoms with Gasteiger partial charge in [-0.2, -0.15) is 5.10 Å². The molecule has 2 N–H and O–H groups in total. The molecule has 1 aliphatic carbocycles. The van der Waals surface area contributed by atoms with Crippen LogP contribution in [0.5, 0.6) is 0 Å². The zero-order chi connectivity index (χ0) is 14.0. The molecule has 1 heterocycles. The average molecular weight is 265 g/mol. The number of nitrogens with zero attached hydrogens (tertiary/aromatic N) is 2.